The van der Waals surface area contributed by atoms with E-state index in [0.717, 1.165) is 0 Å². The number of hydrogen-bond donors (Lipinski definition) is 0. The first-order valence-corrected chi connectivity index (χ1v) is 2.73. The molecule has 0 aromatic carbocycles. The molecule has 0 fully saturated rings. The maximum absolute atomic E-state index is 9.91. The first-order chi connectivity index (χ1) is 4.77. The van der Waals surface area contributed by atoms with Gasteiger partial charge in [0.1, 0.15) is 0 Å². The molecule has 2 radical (unpaired) electrons. The molecule has 0 spiro atoms. The number of rotatable bonds is 4. The van der Waals surface area contributed by atoms with Gasteiger partial charge in [-0.25, -0.2) is 0 Å². The molecular weight excluding hydrogens is 133 g/mol. The van der Waals surface area contributed by atoms with Crippen molar-refractivity contribution in [2.24, 2.45) is 15.4 Å². The Labute approximate surface area is 59.3 Å². The molecule has 0 aromatic rings. The van der Waals surface area contributed by atoms with E-state index in [9.17, 15) is 9.70 Å². The molecule has 0 N–H and O–H groups in total. The van der Waals surface area contributed by atoms with Crippen LogP contribution in [-0.4, -0.2) is 26.7 Å². The second kappa shape index (κ2) is 6.06. The molecular formula is C4H6BN3O2. The van der Waals surface area contributed by atoms with Gasteiger partial charge in [0.25, 0.3) is 0 Å². The number of hydrogen-bond acceptors (Lipinski definition) is 4. The number of nitroso groups, excluding NO2 is 1. The molecule has 52 valence electrons. The molecule has 0 saturated heterocycles. The van der Waals surface area contributed by atoms with Gasteiger partial charge in [-0.15, -0.1) is 5.11 Å². The van der Waals surface area contributed by atoms with Crippen LogP contribution in [0.4, 0.5) is 4.79 Å². The molecule has 1 amide bonds. The third kappa shape index (κ3) is 6.93. The highest BCUT2D eigenvalue weighted by atomic mass is 16.3. The Bertz CT molecular complexity index is 147. The minimum atomic E-state index is -0.820. The van der Waals surface area contributed by atoms with Crippen LogP contribution in [0.5, 0.6) is 0 Å². The zero-order valence-electron chi connectivity index (χ0n) is 5.36. The fraction of sp³-hybridized carbons (Fsp3) is 0.750. The number of carbonyl (C=O) groups excluding carboxylic acids is 1. The molecule has 5 nitrogen and oxygen atoms in total. The topological polar surface area (TPSA) is 71.2 Å². The smallest absolute Gasteiger partial charge is 0.206 e. The summed E-state index contributed by atoms with van der Waals surface area (Å²) in [6.07, 6.45) is 0.500. The van der Waals surface area contributed by atoms with E-state index in [1.54, 1.807) is 0 Å². The monoisotopic (exact) mass is 139 g/mol. The summed E-state index contributed by atoms with van der Waals surface area (Å²) in [6, 6.07) is 0. The molecule has 0 aliphatic rings. The van der Waals surface area contributed by atoms with Gasteiger partial charge in [0, 0.05) is 0 Å². The van der Waals surface area contributed by atoms with Gasteiger partial charge in [-0.1, -0.05) is 5.18 Å². The van der Waals surface area contributed by atoms with E-state index in [4.69, 9.17) is 0 Å². The Morgan fingerprint density at radius 1 is 1.40 bits per heavy atom. The Balaban J connectivity index is 3.18. The highest BCUT2D eigenvalue weighted by Crippen LogP contribution is 1.83. The zero-order chi connectivity index (χ0) is 7.82. The number of azo groups is 1. The standard InChI is InChI=1S/C4H6BN3O2/c5-4(9)8-6-2-1-3-7-10/h1-3H2. The second-order valence-electron chi connectivity index (χ2n) is 1.51. The number of carbonyl (C=O) groups is 1. The van der Waals surface area contributed by atoms with Crippen LogP contribution in [0.15, 0.2) is 15.4 Å². The number of nitrogens with zero attached hydrogens (tertiary/aromatic N) is 3. The van der Waals surface area contributed by atoms with E-state index >= 15 is 0 Å². The second-order valence-corrected chi connectivity index (χ2v) is 1.51. The summed E-state index contributed by atoms with van der Waals surface area (Å²) in [4.78, 5) is 19.4. The summed E-state index contributed by atoms with van der Waals surface area (Å²) in [7, 11) is 4.62. The highest BCUT2D eigenvalue weighted by molar-refractivity contribution is 6.57. The van der Waals surface area contributed by atoms with Crippen molar-refractivity contribution in [1.29, 1.82) is 0 Å². The highest BCUT2D eigenvalue weighted by Gasteiger charge is 1.85. The van der Waals surface area contributed by atoms with Crippen molar-refractivity contribution in [3.05, 3.63) is 4.91 Å². The summed E-state index contributed by atoms with van der Waals surface area (Å²) in [5.41, 5.74) is 0. The molecule has 10 heavy (non-hydrogen) atoms. The van der Waals surface area contributed by atoms with Crippen molar-refractivity contribution in [1.82, 2.24) is 0 Å². The van der Waals surface area contributed by atoms with Gasteiger partial charge < -0.3 is 0 Å². The van der Waals surface area contributed by atoms with Crippen LogP contribution < -0.4 is 0 Å². The van der Waals surface area contributed by atoms with Crippen LogP contribution in [0.25, 0.3) is 0 Å². The zero-order valence-corrected chi connectivity index (χ0v) is 5.36. The summed E-state index contributed by atoms with van der Waals surface area (Å²) < 4.78 is 0. The average molecular weight is 139 g/mol. The van der Waals surface area contributed by atoms with E-state index in [1.807, 2.05) is 0 Å². The van der Waals surface area contributed by atoms with Crippen molar-refractivity contribution in [2.45, 2.75) is 6.42 Å². The van der Waals surface area contributed by atoms with E-state index in [-0.39, 0.29) is 6.54 Å². The molecule has 6 heteroatoms. The van der Waals surface area contributed by atoms with Gasteiger partial charge in [-0.3, -0.25) is 4.79 Å². The fourth-order valence-electron chi connectivity index (χ4n) is 0.326. The lowest BCUT2D eigenvalue weighted by molar-refractivity contribution is 0.265. The van der Waals surface area contributed by atoms with Crippen LogP contribution in [0.2, 0.25) is 0 Å². The lowest BCUT2D eigenvalue weighted by Crippen LogP contribution is -1.87. The SMILES string of the molecule is [B]C(=O)N=NCCCN=O. The average Bonchev–Trinajstić information content (AvgIpc) is 1.87. The van der Waals surface area contributed by atoms with Crippen molar-refractivity contribution in [2.75, 3.05) is 13.1 Å². The predicted octanol–water partition coefficient (Wildman–Crippen LogP) is 0.884. The van der Waals surface area contributed by atoms with E-state index in [0.29, 0.717) is 13.0 Å². The molecule has 0 rings (SSSR count). The first kappa shape index (κ1) is 8.93. The maximum Gasteiger partial charge on any atom is 0.206 e. The van der Waals surface area contributed by atoms with Crippen LogP contribution in [0, 0.1) is 4.91 Å². The lowest BCUT2D eigenvalue weighted by Gasteiger charge is -1.84. The minimum absolute atomic E-state index is 0.192. The van der Waals surface area contributed by atoms with Crippen molar-refractivity contribution in [3.63, 3.8) is 0 Å². The predicted molar refractivity (Wildman–Crippen MR) is 36.2 cm³/mol. The molecule has 0 bridgehead atoms. The van der Waals surface area contributed by atoms with Gasteiger partial charge in [-0.05, 0) is 6.42 Å². The molecule has 0 heterocycles. The Hall–Kier alpha value is -1.07. The van der Waals surface area contributed by atoms with Gasteiger partial charge in [-0.2, -0.15) is 10.0 Å². The summed E-state index contributed by atoms with van der Waals surface area (Å²) in [5.74, 6) is -0.820. The van der Waals surface area contributed by atoms with Gasteiger partial charge in [0.05, 0.1) is 13.1 Å². The molecule has 0 unspecified atom stereocenters. The van der Waals surface area contributed by atoms with Crippen molar-refractivity contribution < 1.29 is 4.79 Å². The molecule has 0 aromatic heterocycles. The Morgan fingerprint density at radius 3 is 2.60 bits per heavy atom. The quantitative estimate of drug-likeness (QED) is 0.251. The van der Waals surface area contributed by atoms with E-state index in [1.165, 1.54) is 0 Å². The van der Waals surface area contributed by atoms with Crippen molar-refractivity contribution in [3.8, 4) is 0 Å². The summed E-state index contributed by atoms with van der Waals surface area (Å²) in [5, 5.41) is 8.96. The maximum atomic E-state index is 9.91. The van der Waals surface area contributed by atoms with E-state index in [2.05, 4.69) is 23.3 Å². The van der Waals surface area contributed by atoms with Crippen molar-refractivity contribution >= 4 is 13.7 Å². The molecule has 0 atom stereocenters. The summed E-state index contributed by atoms with van der Waals surface area (Å²) in [6.45, 7) is 0.506. The fourth-order valence-corrected chi connectivity index (χ4v) is 0.326. The Kier molecular flexibility index (Phi) is 5.42. The minimum Gasteiger partial charge on any atom is -0.285 e. The Morgan fingerprint density at radius 2 is 2.10 bits per heavy atom. The third-order valence-corrected chi connectivity index (χ3v) is 0.677. The van der Waals surface area contributed by atoms with Crippen LogP contribution >= 0.6 is 0 Å². The summed E-state index contributed by atoms with van der Waals surface area (Å²) >= 11 is 0. The normalized spacial score (nSPS) is 10.0. The van der Waals surface area contributed by atoms with Crippen LogP contribution in [0.1, 0.15) is 6.42 Å². The van der Waals surface area contributed by atoms with Crippen LogP contribution in [-0.2, 0) is 0 Å². The molecule has 0 aliphatic heterocycles. The lowest BCUT2D eigenvalue weighted by atomic mass is 10.1. The molecule has 0 saturated carbocycles. The molecule has 0 aliphatic carbocycles. The third-order valence-electron chi connectivity index (χ3n) is 0.677. The first-order valence-electron chi connectivity index (χ1n) is 2.73. The van der Waals surface area contributed by atoms with Crippen LogP contribution in [0.3, 0.4) is 0 Å². The largest absolute Gasteiger partial charge is 0.285 e. The van der Waals surface area contributed by atoms with E-state index < -0.39 is 5.81 Å². The van der Waals surface area contributed by atoms with Gasteiger partial charge >= 0.3 is 0 Å². The number of amides is 1. The van der Waals surface area contributed by atoms with Gasteiger partial charge in [0.15, 0.2) is 0 Å². The van der Waals surface area contributed by atoms with Gasteiger partial charge in [0.2, 0.25) is 13.7 Å².